The molecule has 1 heterocycles. The van der Waals surface area contributed by atoms with Crippen LogP contribution in [0.5, 0.6) is 0 Å². The van der Waals surface area contributed by atoms with Gasteiger partial charge in [-0.3, -0.25) is 9.69 Å². The molecule has 5 heteroatoms. The standard InChI is InChI=1S/C14H28N4O/c15-6-9-17-7-3-8-18(11-10-17)12-14(19)16-13-4-1-2-5-13/h13H,1-12,15H2,(H,16,19). The summed E-state index contributed by atoms with van der Waals surface area (Å²) in [6.45, 7) is 6.42. The fraction of sp³-hybridized carbons (Fsp3) is 0.929. The van der Waals surface area contributed by atoms with Crippen molar-refractivity contribution >= 4 is 5.91 Å². The number of rotatable bonds is 5. The zero-order valence-corrected chi connectivity index (χ0v) is 11.9. The SMILES string of the molecule is NCCN1CCCN(CC(=O)NC2CCCC2)CC1. The Balaban J connectivity index is 1.68. The second-order valence-corrected chi connectivity index (χ2v) is 5.81. The van der Waals surface area contributed by atoms with Gasteiger partial charge < -0.3 is 16.0 Å². The van der Waals surface area contributed by atoms with Gasteiger partial charge in [-0.05, 0) is 32.4 Å². The third-order valence-corrected chi connectivity index (χ3v) is 4.21. The van der Waals surface area contributed by atoms with Crippen molar-refractivity contribution < 1.29 is 4.79 Å². The molecule has 0 spiro atoms. The lowest BCUT2D eigenvalue weighted by molar-refractivity contribution is -0.122. The molecule has 0 atom stereocenters. The first-order chi connectivity index (χ1) is 9.28. The largest absolute Gasteiger partial charge is 0.352 e. The average Bonchev–Trinajstić information content (AvgIpc) is 2.78. The minimum Gasteiger partial charge on any atom is -0.352 e. The van der Waals surface area contributed by atoms with Crippen LogP contribution in [0.3, 0.4) is 0 Å². The molecular weight excluding hydrogens is 240 g/mol. The summed E-state index contributed by atoms with van der Waals surface area (Å²) in [5.74, 6) is 0.208. The van der Waals surface area contributed by atoms with Gasteiger partial charge >= 0.3 is 0 Å². The third kappa shape index (κ3) is 5.09. The molecule has 1 aliphatic heterocycles. The molecule has 0 unspecified atom stereocenters. The van der Waals surface area contributed by atoms with E-state index in [2.05, 4.69) is 15.1 Å². The van der Waals surface area contributed by atoms with Crippen LogP contribution in [0.1, 0.15) is 32.1 Å². The van der Waals surface area contributed by atoms with Gasteiger partial charge in [-0.25, -0.2) is 0 Å². The van der Waals surface area contributed by atoms with Gasteiger partial charge in [-0.1, -0.05) is 12.8 Å². The van der Waals surface area contributed by atoms with Crippen molar-refractivity contribution in [3.8, 4) is 0 Å². The molecule has 0 radical (unpaired) electrons. The molecular formula is C14H28N4O. The zero-order chi connectivity index (χ0) is 13.5. The molecule has 0 aromatic heterocycles. The Morgan fingerprint density at radius 2 is 1.74 bits per heavy atom. The van der Waals surface area contributed by atoms with Crippen molar-refractivity contribution in [2.75, 3.05) is 45.8 Å². The van der Waals surface area contributed by atoms with Crippen LogP contribution >= 0.6 is 0 Å². The maximum Gasteiger partial charge on any atom is 0.234 e. The van der Waals surface area contributed by atoms with E-state index in [4.69, 9.17) is 5.73 Å². The van der Waals surface area contributed by atoms with Crippen LogP contribution in [0.15, 0.2) is 0 Å². The fourth-order valence-electron chi connectivity index (χ4n) is 3.14. The van der Waals surface area contributed by atoms with E-state index in [9.17, 15) is 4.79 Å². The Bertz CT molecular complexity index is 279. The maximum absolute atomic E-state index is 12.0. The molecule has 5 nitrogen and oxygen atoms in total. The second-order valence-electron chi connectivity index (χ2n) is 5.81. The van der Waals surface area contributed by atoms with E-state index in [0.29, 0.717) is 12.6 Å². The van der Waals surface area contributed by atoms with Crippen LogP contribution in [0.25, 0.3) is 0 Å². The smallest absolute Gasteiger partial charge is 0.234 e. The van der Waals surface area contributed by atoms with E-state index < -0.39 is 0 Å². The molecule has 1 aliphatic carbocycles. The minimum atomic E-state index is 0.208. The lowest BCUT2D eigenvalue weighted by Crippen LogP contribution is -2.42. The van der Waals surface area contributed by atoms with Crippen molar-refractivity contribution in [3.63, 3.8) is 0 Å². The van der Waals surface area contributed by atoms with Crippen LogP contribution in [-0.2, 0) is 4.79 Å². The van der Waals surface area contributed by atoms with Gasteiger partial charge in [0.1, 0.15) is 0 Å². The lowest BCUT2D eigenvalue weighted by atomic mass is 10.2. The van der Waals surface area contributed by atoms with Crippen LogP contribution in [-0.4, -0.2) is 67.6 Å². The molecule has 1 saturated heterocycles. The highest BCUT2D eigenvalue weighted by Gasteiger charge is 2.20. The number of nitrogens with two attached hydrogens (primary N) is 1. The Labute approximate surface area is 116 Å². The van der Waals surface area contributed by atoms with Crippen molar-refractivity contribution in [2.24, 2.45) is 5.73 Å². The second kappa shape index (κ2) is 7.82. The van der Waals surface area contributed by atoms with Crippen LogP contribution in [0, 0.1) is 0 Å². The van der Waals surface area contributed by atoms with Gasteiger partial charge in [0.15, 0.2) is 0 Å². The molecule has 2 aliphatic rings. The van der Waals surface area contributed by atoms with E-state index in [1.165, 1.54) is 12.8 Å². The molecule has 3 N–H and O–H groups in total. The van der Waals surface area contributed by atoms with Crippen LogP contribution in [0.2, 0.25) is 0 Å². The summed E-state index contributed by atoms with van der Waals surface area (Å²) in [5.41, 5.74) is 5.60. The molecule has 0 aromatic carbocycles. The summed E-state index contributed by atoms with van der Waals surface area (Å²) in [5, 5.41) is 3.17. The van der Waals surface area contributed by atoms with E-state index >= 15 is 0 Å². The number of hydrogen-bond acceptors (Lipinski definition) is 4. The van der Waals surface area contributed by atoms with Gasteiger partial charge in [0.05, 0.1) is 6.54 Å². The first kappa shape index (κ1) is 14.8. The molecule has 0 bridgehead atoms. The maximum atomic E-state index is 12.0. The van der Waals surface area contributed by atoms with E-state index in [-0.39, 0.29) is 5.91 Å². The fourth-order valence-corrected chi connectivity index (χ4v) is 3.14. The first-order valence-corrected chi connectivity index (χ1v) is 7.72. The predicted octanol–water partition coefficient (Wildman–Crippen LogP) is 0.0116. The molecule has 19 heavy (non-hydrogen) atoms. The molecule has 1 amide bonds. The lowest BCUT2D eigenvalue weighted by Gasteiger charge is -2.21. The number of carbonyl (C=O) groups excluding carboxylic acids is 1. The third-order valence-electron chi connectivity index (χ3n) is 4.21. The van der Waals surface area contributed by atoms with Gasteiger partial charge in [0.2, 0.25) is 5.91 Å². The highest BCUT2D eigenvalue weighted by Crippen LogP contribution is 2.17. The van der Waals surface area contributed by atoms with Crippen molar-refractivity contribution in [1.82, 2.24) is 15.1 Å². The highest BCUT2D eigenvalue weighted by atomic mass is 16.2. The predicted molar refractivity (Wildman–Crippen MR) is 77.0 cm³/mol. The van der Waals surface area contributed by atoms with Crippen LogP contribution in [0.4, 0.5) is 0 Å². The number of amides is 1. The molecule has 0 aromatic rings. The number of hydrogen-bond donors (Lipinski definition) is 2. The monoisotopic (exact) mass is 268 g/mol. The molecule has 110 valence electrons. The Morgan fingerprint density at radius 1 is 1.05 bits per heavy atom. The summed E-state index contributed by atoms with van der Waals surface area (Å²) in [7, 11) is 0. The Hall–Kier alpha value is -0.650. The summed E-state index contributed by atoms with van der Waals surface area (Å²) in [6.07, 6.45) is 5.99. The van der Waals surface area contributed by atoms with Gasteiger partial charge in [-0.2, -0.15) is 0 Å². The summed E-state index contributed by atoms with van der Waals surface area (Å²) < 4.78 is 0. The number of nitrogens with zero attached hydrogens (tertiary/aromatic N) is 2. The topological polar surface area (TPSA) is 61.6 Å². The van der Waals surface area contributed by atoms with Gasteiger partial charge in [0, 0.05) is 32.2 Å². The minimum absolute atomic E-state index is 0.208. The van der Waals surface area contributed by atoms with Crippen molar-refractivity contribution in [2.45, 2.75) is 38.1 Å². The van der Waals surface area contributed by atoms with Crippen molar-refractivity contribution in [1.29, 1.82) is 0 Å². The normalized spacial score (nSPS) is 23.4. The first-order valence-electron chi connectivity index (χ1n) is 7.72. The molecule has 2 fully saturated rings. The Kier molecular flexibility index (Phi) is 6.07. The molecule has 1 saturated carbocycles. The summed E-state index contributed by atoms with van der Waals surface area (Å²) >= 11 is 0. The highest BCUT2D eigenvalue weighted by molar-refractivity contribution is 5.78. The van der Waals surface area contributed by atoms with E-state index in [1.54, 1.807) is 0 Å². The van der Waals surface area contributed by atoms with Crippen molar-refractivity contribution in [3.05, 3.63) is 0 Å². The Morgan fingerprint density at radius 3 is 2.47 bits per heavy atom. The summed E-state index contributed by atoms with van der Waals surface area (Å²) in [6, 6.07) is 0.438. The quantitative estimate of drug-likeness (QED) is 0.737. The summed E-state index contributed by atoms with van der Waals surface area (Å²) in [4.78, 5) is 16.7. The number of nitrogens with one attached hydrogen (secondary N) is 1. The van der Waals surface area contributed by atoms with Gasteiger partial charge in [-0.15, -0.1) is 0 Å². The van der Waals surface area contributed by atoms with E-state index in [1.807, 2.05) is 0 Å². The van der Waals surface area contributed by atoms with E-state index in [0.717, 1.165) is 58.5 Å². The zero-order valence-electron chi connectivity index (χ0n) is 11.9. The molecule has 2 rings (SSSR count). The van der Waals surface area contributed by atoms with Gasteiger partial charge in [0.25, 0.3) is 0 Å². The van der Waals surface area contributed by atoms with Crippen LogP contribution < -0.4 is 11.1 Å². The average molecular weight is 268 g/mol. The number of carbonyl (C=O) groups is 1.